The topological polar surface area (TPSA) is 44.7 Å². The van der Waals surface area contributed by atoms with E-state index < -0.39 is 5.60 Å². The Bertz CT molecular complexity index is 492. The molecule has 1 saturated heterocycles. The second-order valence-corrected chi connectivity index (χ2v) is 7.41. The Morgan fingerprint density at radius 3 is 2.48 bits per heavy atom. The maximum atomic E-state index is 10.4. The van der Waals surface area contributed by atoms with Crippen LogP contribution in [-0.4, -0.2) is 42.5 Å². The summed E-state index contributed by atoms with van der Waals surface area (Å²) in [5.41, 5.74) is 1.86. The van der Waals surface area contributed by atoms with Crippen LogP contribution in [0.25, 0.3) is 0 Å². The van der Waals surface area contributed by atoms with Crippen molar-refractivity contribution < 1.29 is 9.84 Å². The molecule has 2 rings (SSSR count). The van der Waals surface area contributed by atoms with Crippen molar-refractivity contribution in [1.82, 2.24) is 5.32 Å². The van der Waals surface area contributed by atoms with Gasteiger partial charge in [0.2, 0.25) is 0 Å². The fourth-order valence-electron chi connectivity index (χ4n) is 3.00. The largest absolute Gasteiger partial charge is 0.389 e. The summed E-state index contributed by atoms with van der Waals surface area (Å²) in [4.78, 5) is 2.41. The highest BCUT2D eigenvalue weighted by atomic mass is 16.5. The van der Waals surface area contributed by atoms with Gasteiger partial charge in [0.15, 0.2) is 0 Å². The van der Waals surface area contributed by atoms with E-state index in [0.29, 0.717) is 6.54 Å². The molecule has 1 aromatic rings. The quantitative estimate of drug-likeness (QED) is 0.846. The maximum Gasteiger partial charge on any atom is 0.0766 e. The molecule has 0 saturated carbocycles. The van der Waals surface area contributed by atoms with Crippen molar-refractivity contribution in [3.8, 4) is 0 Å². The summed E-state index contributed by atoms with van der Waals surface area (Å²) in [6, 6.07) is 8.52. The first-order chi connectivity index (χ1) is 10.8. The van der Waals surface area contributed by atoms with Crippen molar-refractivity contribution in [2.24, 2.45) is 5.92 Å². The van der Waals surface area contributed by atoms with E-state index in [1.807, 2.05) is 20.8 Å². The van der Waals surface area contributed by atoms with Gasteiger partial charge in [0.05, 0.1) is 17.8 Å². The van der Waals surface area contributed by atoms with Crippen molar-refractivity contribution in [2.75, 3.05) is 24.5 Å². The van der Waals surface area contributed by atoms with Crippen LogP contribution in [0.4, 0.5) is 5.69 Å². The standard InChI is InChI=1S/C19H32N2O2/c1-14(2)19(5,22)13-20-10-17-8-6-7-9-18(17)21-11-15(3)23-16(4)12-21/h6-9,14-16,20,22H,10-13H2,1-5H3. The molecule has 1 fully saturated rings. The number of aliphatic hydroxyl groups is 1. The number of para-hydroxylation sites is 1. The lowest BCUT2D eigenvalue weighted by molar-refractivity contribution is -0.00527. The van der Waals surface area contributed by atoms with Crippen molar-refractivity contribution in [1.29, 1.82) is 0 Å². The molecule has 0 bridgehead atoms. The zero-order valence-corrected chi connectivity index (χ0v) is 15.2. The minimum absolute atomic E-state index is 0.228. The van der Waals surface area contributed by atoms with E-state index in [-0.39, 0.29) is 18.1 Å². The van der Waals surface area contributed by atoms with E-state index in [9.17, 15) is 5.11 Å². The predicted octanol–water partition coefficient (Wildman–Crippen LogP) is 2.80. The number of hydrogen-bond acceptors (Lipinski definition) is 4. The van der Waals surface area contributed by atoms with Gasteiger partial charge in [0, 0.05) is 31.9 Å². The SMILES string of the molecule is CC1CN(c2ccccc2CNCC(C)(O)C(C)C)CC(C)O1. The molecule has 1 aliphatic heterocycles. The molecular formula is C19H32N2O2. The first kappa shape index (κ1) is 18.2. The van der Waals surface area contributed by atoms with Gasteiger partial charge in [-0.15, -0.1) is 0 Å². The molecule has 1 aromatic carbocycles. The smallest absolute Gasteiger partial charge is 0.0766 e. The first-order valence-corrected chi connectivity index (χ1v) is 8.71. The van der Waals surface area contributed by atoms with Gasteiger partial charge >= 0.3 is 0 Å². The molecule has 0 amide bonds. The molecule has 4 heteroatoms. The molecule has 1 aliphatic rings. The van der Waals surface area contributed by atoms with Crippen LogP contribution in [0.3, 0.4) is 0 Å². The summed E-state index contributed by atoms with van der Waals surface area (Å²) in [7, 11) is 0. The molecular weight excluding hydrogens is 288 g/mol. The molecule has 3 unspecified atom stereocenters. The highest BCUT2D eigenvalue weighted by Gasteiger charge is 2.25. The van der Waals surface area contributed by atoms with Crippen LogP contribution in [0.15, 0.2) is 24.3 Å². The molecule has 130 valence electrons. The Labute approximate surface area is 140 Å². The number of hydrogen-bond donors (Lipinski definition) is 2. The van der Waals surface area contributed by atoms with Gasteiger partial charge in [-0.2, -0.15) is 0 Å². The van der Waals surface area contributed by atoms with Crippen LogP contribution in [0.1, 0.15) is 40.2 Å². The summed E-state index contributed by atoms with van der Waals surface area (Å²) in [5, 5.41) is 13.8. The van der Waals surface area contributed by atoms with Crippen molar-refractivity contribution in [2.45, 2.75) is 59.0 Å². The van der Waals surface area contributed by atoms with E-state index in [2.05, 4.69) is 48.3 Å². The van der Waals surface area contributed by atoms with Crippen LogP contribution >= 0.6 is 0 Å². The van der Waals surface area contributed by atoms with E-state index >= 15 is 0 Å². The zero-order chi connectivity index (χ0) is 17.0. The number of morpholine rings is 1. The van der Waals surface area contributed by atoms with E-state index in [4.69, 9.17) is 4.74 Å². The highest BCUT2D eigenvalue weighted by molar-refractivity contribution is 5.54. The summed E-state index contributed by atoms with van der Waals surface area (Å²) in [5.74, 6) is 0.228. The van der Waals surface area contributed by atoms with Gasteiger partial charge in [0.1, 0.15) is 0 Å². The number of nitrogens with zero attached hydrogens (tertiary/aromatic N) is 1. The summed E-state index contributed by atoms with van der Waals surface area (Å²) in [6.07, 6.45) is 0.503. The average molecular weight is 320 g/mol. The lowest BCUT2D eigenvalue weighted by Crippen LogP contribution is -2.46. The minimum atomic E-state index is -0.684. The van der Waals surface area contributed by atoms with Crippen LogP contribution in [0, 0.1) is 5.92 Å². The van der Waals surface area contributed by atoms with Gasteiger partial charge in [-0.1, -0.05) is 32.0 Å². The number of ether oxygens (including phenoxy) is 1. The zero-order valence-electron chi connectivity index (χ0n) is 15.2. The normalized spacial score (nSPS) is 24.7. The van der Waals surface area contributed by atoms with E-state index in [0.717, 1.165) is 19.6 Å². The highest BCUT2D eigenvalue weighted by Crippen LogP contribution is 2.24. The van der Waals surface area contributed by atoms with Crippen LogP contribution in [0.2, 0.25) is 0 Å². The second-order valence-electron chi connectivity index (χ2n) is 7.41. The molecule has 0 spiro atoms. The van der Waals surface area contributed by atoms with Crippen LogP contribution in [-0.2, 0) is 11.3 Å². The second kappa shape index (κ2) is 7.65. The summed E-state index contributed by atoms with van der Waals surface area (Å²) in [6.45, 7) is 13.4. The molecule has 0 aliphatic carbocycles. The lowest BCUT2D eigenvalue weighted by atomic mass is 9.92. The number of anilines is 1. The third kappa shape index (κ3) is 4.93. The van der Waals surface area contributed by atoms with Crippen molar-refractivity contribution in [3.63, 3.8) is 0 Å². The Morgan fingerprint density at radius 1 is 1.26 bits per heavy atom. The predicted molar refractivity (Wildman–Crippen MR) is 95.8 cm³/mol. The molecule has 0 aromatic heterocycles. The molecule has 1 heterocycles. The van der Waals surface area contributed by atoms with Gasteiger partial charge in [-0.05, 0) is 38.3 Å². The number of rotatable bonds is 6. The summed E-state index contributed by atoms with van der Waals surface area (Å²) < 4.78 is 5.84. The van der Waals surface area contributed by atoms with Gasteiger partial charge in [-0.3, -0.25) is 0 Å². The van der Waals surface area contributed by atoms with Gasteiger partial charge < -0.3 is 20.1 Å². The Balaban J connectivity index is 2.03. The fourth-order valence-corrected chi connectivity index (χ4v) is 3.00. The maximum absolute atomic E-state index is 10.4. The monoisotopic (exact) mass is 320 g/mol. The Kier molecular flexibility index (Phi) is 6.06. The van der Waals surface area contributed by atoms with E-state index in [1.54, 1.807) is 0 Å². The van der Waals surface area contributed by atoms with Crippen molar-refractivity contribution >= 4 is 5.69 Å². The molecule has 4 nitrogen and oxygen atoms in total. The molecule has 3 atom stereocenters. The minimum Gasteiger partial charge on any atom is -0.389 e. The number of benzene rings is 1. The summed E-state index contributed by atoms with van der Waals surface area (Å²) >= 11 is 0. The van der Waals surface area contributed by atoms with Crippen molar-refractivity contribution in [3.05, 3.63) is 29.8 Å². The van der Waals surface area contributed by atoms with E-state index in [1.165, 1.54) is 11.3 Å². The van der Waals surface area contributed by atoms with Gasteiger partial charge in [0.25, 0.3) is 0 Å². The lowest BCUT2D eigenvalue weighted by Gasteiger charge is -2.38. The third-order valence-corrected chi connectivity index (χ3v) is 4.79. The molecule has 23 heavy (non-hydrogen) atoms. The molecule has 2 N–H and O–H groups in total. The average Bonchev–Trinajstić information content (AvgIpc) is 2.46. The first-order valence-electron chi connectivity index (χ1n) is 8.71. The Hall–Kier alpha value is -1.10. The third-order valence-electron chi connectivity index (χ3n) is 4.79. The van der Waals surface area contributed by atoms with Crippen LogP contribution in [0.5, 0.6) is 0 Å². The van der Waals surface area contributed by atoms with Crippen LogP contribution < -0.4 is 10.2 Å². The molecule has 0 radical (unpaired) electrons. The Morgan fingerprint density at radius 2 is 1.87 bits per heavy atom. The van der Waals surface area contributed by atoms with Gasteiger partial charge in [-0.25, -0.2) is 0 Å². The fraction of sp³-hybridized carbons (Fsp3) is 0.684. The number of nitrogens with one attached hydrogen (secondary N) is 1.